The zero-order valence-corrected chi connectivity index (χ0v) is 15.9. The molecule has 0 aliphatic rings. The van der Waals surface area contributed by atoms with Crippen LogP contribution < -0.4 is 0 Å². The molecule has 0 rings (SSSR count). The molecule has 0 aliphatic heterocycles. The fourth-order valence-corrected chi connectivity index (χ4v) is 1.10. The van der Waals surface area contributed by atoms with Crippen molar-refractivity contribution in [2.45, 2.75) is 0 Å². The fraction of sp³-hybridized carbons (Fsp3) is 0. The van der Waals surface area contributed by atoms with Crippen LogP contribution in [0.2, 0.25) is 0 Å². The van der Waals surface area contributed by atoms with Gasteiger partial charge in [0.25, 0.3) is 0 Å². The summed E-state index contributed by atoms with van der Waals surface area (Å²) in [5.74, 6) is 0. The monoisotopic (exact) mass is 508 g/mol. The second-order valence-electron chi connectivity index (χ2n) is 0.993. The second-order valence-corrected chi connectivity index (χ2v) is 3.43. The van der Waals surface area contributed by atoms with E-state index in [1.54, 1.807) is 0 Å². The predicted molar refractivity (Wildman–Crippen MR) is 51.1 cm³/mol. The summed E-state index contributed by atoms with van der Waals surface area (Å²) < 4.78 is 39.0. The molecule has 0 unspecified atom stereocenters. The van der Waals surface area contributed by atoms with E-state index >= 15 is 0 Å². The summed E-state index contributed by atoms with van der Waals surface area (Å²) in [5.41, 5.74) is 0. The zero-order chi connectivity index (χ0) is 7.71. The van der Waals surface area contributed by atoms with E-state index in [0.717, 1.165) is 0 Å². The Morgan fingerprint density at radius 2 is 1.58 bits per heavy atom. The minimum Gasteiger partial charge on any atom is 2.00 e. The Morgan fingerprint density at radius 3 is 1.58 bits per heavy atom. The molecule has 0 fully saturated rings. The summed E-state index contributed by atoms with van der Waals surface area (Å²) in [7, 11) is -10.2. The second kappa shape index (κ2) is 9.20. The SMILES string of the molecule is O=P(O)(O)OS(=O)(=O)O.[AlH3].[H-].[H-].[PbH2].[Sr+2]. The van der Waals surface area contributed by atoms with Gasteiger partial charge in [0.15, 0.2) is 17.4 Å². The summed E-state index contributed by atoms with van der Waals surface area (Å²) in [4.78, 5) is 15.4. The number of rotatable bonds is 2. The first kappa shape index (κ1) is 24.3. The summed E-state index contributed by atoms with van der Waals surface area (Å²) in [6.45, 7) is 0. The van der Waals surface area contributed by atoms with Gasteiger partial charge in [0.2, 0.25) is 0 Å². The van der Waals surface area contributed by atoms with E-state index in [1.165, 1.54) is 0 Å². The van der Waals surface area contributed by atoms with Crippen LogP contribution in [-0.4, -0.2) is 113 Å². The van der Waals surface area contributed by atoms with Crippen LogP contribution in [0.4, 0.5) is 0 Å². The molecule has 72 valence electrons. The molecule has 0 aromatic heterocycles. The molecule has 0 heterocycles. The van der Waals surface area contributed by atoms with Crippen molar-refractivity contribution in [1.29, 1.82) is 0 Å². The average Bonchev–Trinajstić information content (AvgIpc) is 1.14. The molecule has 2 radical (unpaired) electrons. The number of hydrogen-bond donors (Lipinski definition) is 3. The standard InChI is InChI=1S/Al.H3O7PS.Pb.Sr.7H/c;1-8(2,3)7-9(4,5)6;;;;;;;;;/h;(H2,1,2,3)(H,4,5,6);;;;;;;;;/q;;;+2;;;;;;2*-1. The molecule has 0 amide bonds. The molecular weight excluding hydrogens is 497 g/mol. The molecule has 0 atom stereocenters. The van der Waals surface area contributed by atoms with E-state index in [-0.39, 0.29) is 93.0 Å². The first-order valence-corrected chi connectivity index (χ1v) is 4.34. The molecule has 12 heavy (non-hydrogen) atoms. The summed E-state index contributed by atoms with van der Waals surface area (Å²) in [6, 6.07) is 0. The van der Waals surface area contributed by atoms with Crippen molar-refractivity contribution in [1.82, 2.24) is 0 Å². The molecule has 0 aromatic rings. The fourth-order valence-electron chi connectivity index (χ4n) is 0.123. The molecule has 0 saturated heterocycles. The Labute approximate surface area is 140 Å². The zero-order valence-electron chi connectivity index (χ0n) is 7.24. The summed E-state index contributed by atoms with van der Waals surface area (Å²) >= 11 is 0. The van der Waals surface area contributed by atoms with E-state index < -0.39 is 18.2 Å². The van der Waals surface area contributed by atoms with Crippen LogP contribution in [0.15, 0.2) is 0 Å². The van der Waals surface area contributed by atoms with E-state index in [4.69, 9.17) is 14.3 Å². The van der Waals surface area contributed by atoms with Crippen molar-refractivity contribution in [3.63, 3.8) is 0 Å². The van der Waals surface area contributed by atoms with Crippen LogP contribution in [0, 0.1) is 0 Å². The third kappa shape index (κ3) is 23.1. The van der Waals surface area contributed by atoms with Crippen LogP contribution in [0.5, 0.6) is 0 Å². The van der Waals surface area contributed by atoms with Crippen LogP contribution in [0.25, 0.3) is 0 Å². The molecular formula is H10AlO7PPbSSr. The van der Waals surface area contributed by atoms with Crippen molar-refractivity contribution in [2.24, 2.45) is 0 Å². The van der Waals surface area contributed by atoms with Gasteiger partial charge in [0.05, 0.1) is 0 Å². The molecule has 3 N–H and O–H groups in total. The van der Waals surface area contributed by atoms with Gasteiger partial charge in [-0.15, -0.1) is 3.97 Å². The normalized spacial score (nSPS) is 10.2. The van der Waals surface area contributed by atoms with E-state index in [9.17, 15) is 13.0 Å². The first-order chi connectivity index (χ1) is 3.71. The van der Waals surface area contributed by atoms with Gasteiger partial charge < -0.3 is 12.6 Å². The average molecular weight is 507 g/mol. The molecule has 7 nitrogen and oxygen atoms in total. The third-order valence-electron chi connectivity index (χ3n) is 0.191. The molecule has 0 spiro atoms. The molecule has 0 saturated carbocycles. The number of hydrogen-bond acceptors (Lipinski definition) is 4. The third-order valence-corrected chi connectivity index (χ3v) is 1.72. The minimum atomic E-state index is -5.13. The molecule has 12 heteroatoms. The Morgan fingerprint density at radius 1 is 1.33 bits per heavy atom. The van der Waals surface area contributed by atoms with E-state index in [1.807, 2.05) is 0 Å². The predicted octanol–water partition coefficient (Wildman–Crippen LogP) is -3.36. The topological polar surface area (TPSA) is 121 Å². The van der Waals surface area contributed by atoms with E-state index in [2.05, 4.69) is 3.97 Å². The Balaban J connectivity index is -0.0000000320. The van der Waals surface area contributed by atoms with Gasteiger partial charge in [-0.25, -0.2) is 4.57 Å². The summed E-state index contributed by atoms with van der Waals surface area (Å²) in [5, 5.41) is 0. The maximum absolute atomic E-state index is 9.58. The first-order valence-electron chi connectivity index (χ1n) is 1.45. The summed E-state index contributed by atoms with van der Waals surface area (Å²) in [6.07, 6.45) is 0. The molecule has 0 aliphatic carbocycles. The Bertz CT molecular complexity index is 238. The van der Waals surface area contributed by atoms with Crippen LogP contribution in [0.3, 0.4) is 0 Å². The van der Waals surface area contributed by atoms with Gasteiger partial charge in [-0.2, -0.15) is 8.42 Å². The Kier molecular flexibility index (Phi) is 18.6. The molecule has 0 aromatic carbocycles. The van der Waals surface area contributed by atoms with Crippen molar-refractivity contribution in [2.75, 3.05) is 0 Å². The Hall–Kier alpha value is 2.96. The van der Waals surface area contributed by atoms with Gasteiger partial charge in [0, 0.05) is 0 Å². The largest absolute Gasteiger partial charge is 2.00 e. The maximum atomic E-state index is 9.58. The van der Waals surface area contributed by atoms with Crippen molar-refractivity contribution in [3.8, 4) is 0 Å². The van der Waals surface area contributed by atoms with Crippen molar-refractivity contribution < 1.29 is 34.1 Å². The van der Waals surface area contributed by atoms with Crippen LogP contribution >= 0.6 is 7.82 Å². The minimum absolute atomic E-state index is 0. The van der Waals surface area contributed by atoms with Crippen molar-refractivity contribution in [3.05, 3.63) is 0 Å². The van der Waals surface area contributed by atoms with Gasteiger partial charge in [-0.3, -0.25) is 4.55 Å². The number of phosphoric acid groups is 1. The van der Waals surface area contributed by atoms with Crippen LogP contribution in [0.1, 0.15) is 2.85 Å². The van der Waals surface area contributed by atoms with Gasteiger partial charge in [0.1, 0.15) is 0 Å². The van der Waals surface area contributed by atoms with Crippen molar-refractivity contribution >= 4 is 108 Å². The molecule has 0 bridgehead atoms. The smallest absolute Gasteiger partial charge is 2.00 e. The van der Waals surface area contributed by atoms with Crippen LogP contribution in [-0.2, 0) is 18.9 Å². The maximum Gasteiger partial charge on any atom is 2.00 e. The van der Waals surface area contributed by atoms with Gasteiger partial charge in [-0.05, 0) is 0 Å². The van der Waals surface area contributed by atoms with E-state index in [0.29, 0.717) is 0 Å². The van der Waals surface area contributed by atoms with Gasteiger partial charge >= 0.3 is 91.0 Å². The quantitative estimate of drug-likeness (QED) is 0.203. The van der Waals surface area contributed by atoms with Gasteiger partial charge in [-0.1, -0.05) is 0 Å².